The van der Waals surface area contributed by atoms with Gasteiger partial charge in [0, 0.05) is 0 Å². The van der Waals surface area contributed by atoms with Gasteiger partial charge in [-0.05, 0) is 0 Å². The van der Waals surface area contributed by atoms with Crippen molar-refractivity contribution in [2.45, 2.75) is 13.8 Å². The summed E-state index contributed by atoms with van der Waals surface area (Å²) in [6.45, 7) is 4.00. The molecule has 0 aliphatic rings. The van der Waals surface area contributed by atoms with Gasteiger partial charge in [0.05, 0.1) is 0 Å². The highest BCUT2D eigenvalue weighted by atomic mass is 31.1. The number of hydrogen-bond donors (Lipinski definition) is 2. The van der Waals surface area contributed by atoms with Crippen molar-refractivity contribution in [2.75, 3.05) is 0 Å². The highest BCUT2D eigenvalue weighted by Gasteiger charge is 1.61. The zero-order valence-corrected chi connectivity index (χ0v) is 4.80. The van der Waals surface area contributed by atoms with E-state index in [4.69, 9.17) is 14.4 Å². The van der Waals surface area contributed by atoms with Gasteiger partial charge in [0.1, 0.15) is 0 Å². The third kappa shape index (κ3) is 315. The molecule has 0 aromatic heterocycles. The van der Waals surface area contributed by atoms with Crippen LogP contribution in [0.5, 0.6) is 0 Å². The largest absolute Gasteiger partial charge is 0.326 e. The van der Waals surface area contributed by atoms with Gasteiger partial charge in [0.25, 0.3) is 0 Å². The lowest BCUT2D eigenvalue weighted by molar-refractivity contribution is 0.405. The molecule has 0 unspecified atom stereocenters. The summed E-state index contributed by atoms with van der Waals surface area (Å²) < 4.78 is 8.74. The molecule has 0 atom stereocenters. The minimum atomic E-state index is -3.13. The Balaban J connectivity index is -0.0000000480. The van der Waals surface area contributed by atoms with Gasteiger partial charge < -0.3 is 9.79 Å². The molecule has 0 heterocycles. The number of hydrogen-bond acceptors (Lipinski definition) is 1. The average Bonchev–Trinajstić information content (AvgIpc) is 1.41. The summed E-state index contributed by atoms with van der Waals surface area (Å²) in [5.41, 5.74) is 0. The molecule has 0 spiro atoms. The summed E-state index contributed by atoms with van der Waals surface area (Å²) in [5.74, 6) is 0. The highest BCUT2D eigenvalue weighted by molar-refractivity contribution is 7.30. The van der Waals surface area contributed by atoms with Crippen molar-refractivity contribution >= 4 is 25.6 Å². The molecule has 0 rings (SSSR count). The molecule has 0 saturated carbocycles. The van der Waals surface area contributed by atoms with Crippen molar-refractivity contribution < 1.29 is 14.4 Å². The van der Waals surface area contributed by atoms with E-state index in [0.717, 1.165) is 0 Å². The smallest absolute Gasteiger partial charge is 0.314 e. The topological polar surface area (TPSA) is 57.5 Å². The van der Waals surface area contributed by atoms with Crippen molar-refractivity contribution in [1.82, 2.24) is 0 Å². The van der Waals surface area contributed by atoms with Gasteiger partial charge in [0.15, 0.2) is 17.4 Å². The van der Waals surface area contributed by atoms with Gasteiger partial charge in [-0.3, -0.25) is 4.57 Å². The molecule has 0 aromatic carbocycles. The van der Waals surface area contributed by atoms with Crippen LogP contribution in [-0.2, 0) is 4.57 Å². The van der Waals surface area contributed by atoms with Crippen molar-refractivity contribution in [1.29, 1.82) is 0 Å². The minimum absolute atomic E-state index is 0. The Hall–Kier alpha value is 0.682. The minimum Gasteiger partial charge on any atom is -0.326 e. The maximum Gasteiger partial charge on any atom is 0.314 e. The molecule has 0 aliphatic carbocycles. The molecule has 46 valence electrons. The van der Waals surface area contributed by atoms with Crippen LogP contribution in [0.2, 0.25) is 0 Å². The summed E-state index contributed by atoms with van der Waals surface area (Å²) in [6.07, 6.45) is 0. The molecule has 0 fully saturated rings. The Bertz CT molecular complexity index is 35.9. The zero-order valence-electron chi connectivity index (χ0n) is 3.80. The molecule has 0 amide bonds. The van der Waals surface area contributed by atoms with Crippen LogP contribution in [0.3, 0.4) is 0 Å². The van der Waals surface area contributed by atoms with Gasteiger partial charge >= 0.3 is 8.25 Å². The molecular weight excluding hydrogens is 130 g/mol. The molecule has 0 saturated heterocycles. The van der Waals surface area contributed by atoms with Gasteiger partial charge in [-0.15, -0.1) is 0 Å². The van der Waals surface area contributed by atoms with Crippen LogP contribution in [0.1, 0.15) is 13.8 Å². The third-order valence-corrected chi connectivity index (χ3v) is 0. The van der Waals surface area contributed by atoms with Crippen LogP contribution in [0.4, 0.5) is 0 Å². The summed E-state index contributed by atoms with van der Waals surface area (Å²) in [7, 11) is -3.13. The van der Waals surface area contributed by atoms with Crippen LogP contribution < -0.4 is 0 Å². The van der Waals surface area contributed by atoms with Gasteiger partial charge in [-0.25, -0.2) is 0 Å². The number of rotatable bonds is 0. The van der Waals surface area contributed by atoms with Gasteiger partial charge in [0.2, 0.25) is 0 Å². The quantitative estimate of drug-likeness (QED) is 0.344. The van der Waals surface area contributed by atoms with Crippen molar-refractivity contribution in [3.05, 3.63) is 0 Å². The summed E-state index contributed by atoms with van der Waals surface area (Å²) in [4.78, 5) is 14.3. The van der Waals surface area contributed by atoms with E-state index in [1.807, 2.05) is 13.8 Å². The van der Waals surface area contributed by atoms with Crippen LogP contribution in [-0.4, -0.2) is 27.1 Å². The standard InChI is InChI=1S/C2H6.Al.H3O3P.3H/c1-2;;1-4(2)3;;;/h1-2H3;;4H,(H2,1,2,3);;;. The lowest BCUT2D eigenvalue weighted by atomic mass is 11.0. The second-order valence-corrected chi connectivity index (χ2v) is 0.848. The first kappa shape index (κ1) is 15.6. The second kappa shape index (κ2) is 15.9. The van der Waals surface area contributed by atoms with Gasteiger partial charge in [-0.2, -0.15) is 0 Å². The first-order valence-corrected chi connectivity index (χ1v) is 2.95. The van der Waals surface area contributed by atoms with Crippen LogP contribution in [0.25, 0.3) is 0 Å². The molecule has 7 heavy (non-hydrogen) atoms. The lowest BCUT2D eigenvalue weighted by Gasteiger charge is -1.61. The van der Waals surface area contributed by atoms with E-state index in [1.165, 1.54) is 0 Å². The van der Waals surface area contributed by atoms with Crippen molar-refractivity contribution in [3.8, 4) is 0 Å². The Morgan fingerprint density at radius 1 is 1.29 bits per heavy atom. The molecule has 0 bridgehead atoms. The Kier molecular flexibility index (Phi) is 35.6. The molecule has 5 heteroatoms. The molecule has 3 nitrogen and oxygen atoms in total. The van der Waals surface area contributed by atoms with E-state index in [-0.39, 0.29) is 17.4 Å². The van der Waals surface area contributed by atoms with E-state index in [0.29, 0.717) is 0 Å². The SMILES string of the molecule is CC.O=[PH](O)O.[AlH3]. The first-order chi connectivity index (χ1) is 2.73. The highest BCUT2D eigenvalue weighted by Crippen LogP contribution is 1.98. The summed E-state index contributed by atoms with van der Waals surface area (Å²) in [5, 5.41) is 0. The monoisotopic (exact) mass is 142 g/mol. The summed E-state index contributed by atoms with van der Waals surface area (Å²) >= 11 is 0. The zero-order chi connectivity index (χ0) is 5.58. The first-order valence-electron chi connectivity index (χ1n) is 1.65. The molecule has 0 aliphatic heterocycles. The Morgan fingerprint density at radius 2 is 1.29 bits per heavy atom. The fraction of sp³-hybridized carbons (Fsp3) is 1.00. The van der Waals surface area contributed by atoms with Crippen molar-refractivity contribution in [3.63, 3.8) is 0 Å². The third-order valence-electron chi connectivity index (χ3n) is 0. The predicted octanol–water partition coefficient (Wildman–Crippen LogP) is -0.797. The van der Waals surface area contributed by atoms with Crippen molar-refractivity contribution in [2.24, 2.45) is 0 Å². The summed E-state index contributed by atoms with van der Waals surface area (Å²) in [6, 6.07) is 0. The van der Waals surface area contributed by atoms with E-state index in [1.54, 1.807) is 0 Å². The van der Waals surface area contributed by atoms with E-state index in [2.05, 4.69) is 0 Å². The predicted molar refractivity (Wildman–Crippen MR) is 34.7 cm³/mol. The van der Waals surface area contributed by atoms with Gasteiger partial charge in [-0.1, -0.05) is 13.8 Å². The molecular formula is C2H12AlO3P. The normalized spacial score (nSPS) is 5.86. The van der Waals surface area contributed by atoms with E-state index >= 15 is 0 Å². The molecule has 2 N–H and O–H groups in total. The Morgan fingerprint density at radius 3 is 1.29 bits per heavy atom. The second-order valence-electron chi connectivity index (χ2n) is 0.283. The Labute approximate surface area is 54.5 Å². The maximum atomic E-state index is 8.74. The fourth-order valence-corrected chi connectivity index (χ4v) is 0. The maximum absolute atomic E-state index is 8.74. The van der Waals surface area contributed by atoms with E-state index in [9.17, 15) is 0 Å². The van der Waals surface area contributed by atoms with Crippen LogP contribution >= 0.6 is 8.25 Å². The van der Waals surface area contributed by atoms with E-state index < -0.39 is 8.25 Å². The molecule has 0 radical (unpaired) electrons. The van der Waals surface area contributed by atoms with Crippen LogP contribution in [0.15, 0.2) is 0 Å². The fourth-order valence-electron chi connectivity index (χ4n) is 0. The average molecular weight is 142 g/mol. The lowest BCUT2D eigenvalue weighted by Crippen LogP contribution is -1.38. The van der Waals surface area contributed by atoms with Crippen LogP contribution in [0, 0.1) is 0 Å². The molecule has 0 aromatic rings.